The van der Waals surface area contributed by atoms with Crippen molar-refractivity contribution in [2.24, 2.45) is 5.73 Å². The Labute approximate surface area is 157 Å². The van der Waals surface area contributed by atoms with Gasteiger partial charge in [-0.3, -0.25) is 9.59 Å². The highest BCUT2D eigenvalue weighted by atomic mass is 32.2. The molecular formula is C17H15FN6O2S. The number of anilines is 1. The SMILES string of the molecule is NC(=O)c1ccc(NC(=O)CSc2nnc(-c3ccc(F)cc3)n2N)cc1. The maximum Gasteiger partial charge on any atom is 0.248 e. The number of carbonyl (C=O) groups is 2. The maximum absolute atomic E-state index is 13.0. The van der Waals surface area contributed by atoms with Crippen LogP contribution in [0.15, 0.2) is 53.7 Å². The summed E-state index contributed by atoms with van der Waals surface area (Å²) in [5.74, 6) is 5.19. The molecule has 0 aliphatic rings. The molecule has 0 saturated carbocycles. The Bertz CT molecular complexity index is 972. The van der Waals surface area contributed by atoms with Gasteiger partial charge in [0.05, 0.1) is 5.75 Å². The number of carbonyl (C=O) groups excluding carboxylic acids is 2. The van der Waals surface area contributed by atoms with Crippen molar-refractivity contribution in [1.29, 1.82) is 0 Å². The van der Waals surface area contributed by atoms with Crippen LogP contribution >= 0.6 is 11.8 Å². The van der Waals surface area contributed by atoms with E-state index in [1.54, 1.807) is 24.3 Å². The maximum atomic E-state index is 13.0. The largest absolute Gasteiger partial charge is 0.366 e. The number of aromatic nitrogens is 3. The van der Waals surface area contributed by atoms with Crippen molar-refractivity contribution in [3.8, 4) is 11.4 Å². The number of nitrogens with zero attached hydrogens (tertiary/aromatic N) is 3. The minimum absolute atomic E-state index is 0.0519. The van der Waals surface area contributed by atoms with Gasteiger partial charge in [-0.05, 0) is 48.5 Å². The third-order valence-corrected chi connectivity index (χ3v) is 4.50. The zero-order chi connectivity index (χ0) is 19.4. The van der Waals surface area contributed by atoms with Crippen LogP contribution in [0.3, 0.4) is 0 Å². The molecule has 0 bridgehead atoms. The highest BCUT2D eigenvalue weighted by Gasteiger charge is 2.14. The van der Waals surface area contributed by atoms with Crippen molar-refractivity contribution in [3.05, 3.63) is 59.9 Å². The lowest BCUT2D eigenvalue weighted by Gasteiger charge is -2.06. The fourth-order valence-electron chi connectivity index (χ4n) is 2.22. The van der Waals surface area contributed by atoms with Crippen LogP contribution in [0.25, 0.3) is 11.4 Å². The fraction of sp³-hybridized carbons (Fsp3) is 0.0588. The van der Waals surface area contributed by atoms with Gasteiger partial charge in [0.2, 0.25) is 17.0 Å². The van der Waals surface area contributed by atoms with Crippen LogP contribution in [0.4, 0.5) is 10.1 Å². The summed E-state index contributed by atoms with van der Waals surface area (Å²) in [7, 11) is 0. The predicted octanol–water partition coefficient (Wildman–Crippen LogP) is 1.63. The molecule has 10 heteroatoms. The molecule has 2 amide bonds. The summed E-state index contributed by atoms with van der Waals surface area (Å²) < 4.78 is 14.3. The van der Waals surface area contributed by atoms with Gasteiger partial charge in [0, 0.05) is 16.8 Å². The molecule has 0 radical (unpaired) electrons. The number of nitrogens with two attached hydrogens (primary N) is 2. The molecule has 0 spiro atoms. The molecular weight excluding hydrogens is 371 g/mol. The Morgan fingerprint density at radius 3 is 2.37 bits per heavy atom. The summed E-state index contributed by atoms with van der Waals surface area (Å²) in [4.78, 5) is 23.1. The predicted molar refractivity (Wildman–Crippen MR) is 99.9 cm³/mol. The summed E-state index contributed by atoms with van der Waals surface area (Å²) >= 11 is 1.11. The van der Waals surface area contributed by atoms with E-state index in [1.807, 2.05) is 0 Å². The lowest BCUT2D eigenvalue weighted by Crippen LogP contribution is -2.16. The number of thioether (sulfide) groups is 1. The van der Waals surface area contributed by atoms with Crippen molar-refractivity contribution in [2.45, 2.75) is 5.16 Å². The Morgan fingerprint density at radius 1 is 1.07 bits per heavy atom. The minimum Gasteiger partial charge on any atom is -0.366 e. The van der Waals surface area contributed by atoms with Crippen molar-refractivity contribution in [3.63, 3.8) is 0 Å². The highest BCUT2D eigenvalue weighted by molar-refractivity contribution is 7.99. The number of halogens is 1. The molecule has 3 aromatic rings. The van der Waals surface area contributed by atoms with E-state index in [-0.39, 0.29) is 17.5 Å². The first kappa shape index (κ1) is 18.4. The zero-order valence-corrected chi connectivity index (χ0v) is 14.7. The number of rotatable bonds is 6. The Hall–Kier alpha value is -3.40. The quantitative estimate of drug-likeness (QED) is 0.436. The van der Waals surface area contributed by atoms with E-state index in [9.17, 15) is 14.0 Å². The number of amides is 2. The molecule has 0 atom stereocenters. The van der Waals surface area contributed by atoms with Crippen LogP contribution < -0.4 is 16.9 Å². The average molecular weight is 386 g/mol. The Morgan fingerprint density at radius 2 is 1.74 bits per heavy atom. The van der Waals surface area contributed by atoms with Gasteiger partial charge >= 0.3 is 0 Å². The zero-order valence-electron chi connectivity index (χ0n) is 13.9. The van der Waals surface area contributed by atoms with Crippen molar-refractivity contribution in [2.75, 3.05) is 16.9 Å². The second kappa shape index (κ2) is 7.87. The molecule has 2 aromatic carbocycles. The summed E-state index contributed by atoms with van der Waals surface area (Å²) in [5.41, 5.74) is 6.66. The first-order valence-electron chi connectivity index (χ1n) is 7.73. The van der Waals surface area contributed by atoms with Gasteiger partial charge in [-0.15, -0.1) is 10.2 Å². The van der Waals surface area contributed by atoms with Crippen LogP contribution in [0, 0.1) is 5.82 Å². The molecule has 0 fully saturated rings. The van der Waals surface area contributed by atoms with Gasteiger partial charge in [0.15, 0.2) is 5.82 Å². The lowest BCUT2D eigenvalue weighted by molar-refractivity contribution is -0.113. The van der Waals surface area contributed by atoms with Gasteiger partial charge in [-0.2, -0.15) is 0 Å². The Balaban J connectivity index is 1.60. The number of benzene rings is 2. The normalized spacial score (nSPS) is 10.6. The number of nitrogens with one attached hydrogen (secondary N) is 1. The van der Waals surface area contributed by atoms with E-state index < -0.39 is 5.91 Å². The van der Waals surface area contributed by atoms with E-state index in [1.165, 1.54) is 28.9 Å². The summed E-state index contributed by atoms with van der Waals surface area (Å²) in [6, 6.07) is 11.9. The molecule has 8 nitrogen and oxygen atoms in total. The second-order valence-electron chi connectivity index (χ2n) is 5.46. The van der Waals surface area contributed by atoms with Gasteiger partial charge in [-0.25, -0.2) is 9.07 Å². The molecule has 27 heavy (non-hydrogen) atoms. The molecule has 1 heterocycles. The van der Waals surface area contributed by atoms with Crippen LogP contribution in [0.5, 0.6) is 0 Å². The number of hydrogen-bond donors (Lipinski definition) is 3. The summed E-state index contributed by atoms with van der Waals surface area (Å²) in [6.45, 7) is 0. The third-order valence-electron chi connectivity index (χ3n) is 3.55. The van der Waals surface area contributed by atoms with Gasteiger partial charge < -0.3 is 16.9 Å². The second-order valence-corrected chi connectivity index (χ2v) is 6.40. The summed E-state index contributed by atoms with van der Waals surface area (Å²) in [6.07, 6.45) is 0. The topological polar surface area (TPSA) is 129 Å². The van der Waals surface area contributed by atoms with Crippen LogP contribution in [-0.2, 0) is 4.79 Å². The molecule has 0 aliphatic carbocycles. The average Bonchev–Trinajstić information content (AvgIpc) is 3.02. The third kappa shape index (κ3) is 4.42. The number of hydrogen-bond acceptors (Lipinski definition) is 6. The van der Waals surface area contributed by atoms with Gasteiger partial charge in [-0.1, -0.05) is 11.8 Å². The van der Waals surface area contributed by atoms with E-state index in [2.05, 4.69) is 15.5 Å². The molecule has 0 unspecified atom stereocenters. The molecule has 1 aromatic heterocycles. The molecule has 0 aliphatic heterocycles. The van der Waals surface area contributed by atoms with Crippen molar-refractivity contribution < 1.29 is 14.0 Å². The summed E-state index contributed by atoms with van der Waals surface area (Å²) in [5, 5.41) is 11.0. The van der Waals surface area contributed by atoms with Crippen LogP contribution in [0.2, 0.25) is 0 Å². The van der Waals surface area contributed by atoms with Crippen molar-refractivity contribution >= 4 is 29.3 Å². The first-order valence-corrected chi connectivity index (χ1v) is 8.71. The standard InChI is InChI=1S/C17H15FN6O2S/c18-12-5-1-11(2-6-12)16-22-23-17(24(16)20)27-9-14(25)21-13-7-3-10(4-8-13)15(19)26/h1-8H,9,20H2,(H2,19,26)(H,21,25). The Kier molecular flexibility index (Phi) is 5.36. The van der Waals surface area contributed by atoms with E-state index in [4.69, 9.17) is 11.6 Å². The monoisotopic (exact) mass is 386 g/mol. The highest BCUT2D eigenvalue weighted by Crippen LogP contribution is 2.22. The molecule has 138 valence electrons. The van der Waals surface area contributed by atoms with Crippen LogP contribution in [-0.4, -0.2) is 32.4 Å². The first-order chi connectivity index (χ1) is 12.9. The van der Waals surface area contributed by atoms with E-state index in [0.717, 1.165) is 11.8 Å². The van der Waals surface area contributed by atoms with Gasteiger partial charge in [0.1, 0.15) is 5.82 Å². The fourth-order valence-corrected chi connectivity index (χ4v) is 2.87. The van der Waals surface area contributed by atoms with Gasteiger partial charge in [0.25, 0.3) is 0 Å². The van der Waals surface area contributed by atoms with E-state index >= 15 is 0 Å². The number of primary amides is 1. The minimum atomic E-state index is -0.539. The molecule has 0 saturated heterocycles. The molecule has 3 rings (SSSR count). The van der Waals surface area contributed by atoms with E-state index in [0.29, 0.717) is 27.8 Å². The lowest BCUT2D eigenvalue weighted by atomic mass is 10.2. The smallest absolute Gasteiger partial charge is 0.248 e. The van der Waals surface area contributed by atoms with Crippen LogP contribution in [0.1, 0.15) is 10.4 Å². The molecule has 5 N–H and O–H groups in total. The van der Waals surface area contributed by atoms with Crippen molar-refractivity contribution in [1.82, 2.24) is 14.9 Å². The number of nitrogen functional groups attached to an aromatic ring is 1.